The Kier molecular flexibility index (Phi) is 4.89. The molecule has 0 bridgehead atoms. The number of fused-ring (bicyclic) bond motifs is 1. The molecule has 1 aliphatic heterocycles. The SMILES string of the molecule is Cc1cccc(C)c1OCCNC(=O)c1cnc2n(c1=O)CCS2. The zero-order valence-corrected chi connectivity index (χ0v) is 14.5. The number of nitrogens with one attached hydrogen (secondary N) is 1. The van der Waals surface area contributed by atoms with Crippen LogP contribution in [0.4, 0.5) is 0 Å². The molecule has 1 aliphatic rings. The van der Waals surface area contributed by atoms with Crippen LogP contribution in [-0.4, -0.2) is 34.4 Å². The fourth-order valence-electron chi connectivity index (χ4n) is 2.61. The van der Waals surface area contributed by atoms with Crippen LogP contribution in [0.3, 0.4) is 0 Å². The molecule has 126 valence electrons. The summed E-state index contributed by atoms with van der Waals surface area (Å²) >= 11 is 1.52. The van der Waals surface area contributed by atoms with Gasteiger partial charge in [0.1, 0.15) is 17.9 Å². The highest BCUT2D eigenvalue weighted by Gasteiger charge is 2.19. The van der Waals surface area contributed by atoms with Crippen LogP contribution >= 0.6 is 11.8 Å². The molecule has 0 radical (unpaired) electrons. The number of hydrogen-bond donors (Lipinski definition) is 1. The summed E-state index contributed by atoms with van der Waals surface area (Å²) in [6, 6.07) is 5.94. The van der Waals surface area contributed by atoms with Gasteiger partial charge >= 0.3 is 0 Å². The number of carbonyl (C=O) groups excluding carboxylic acids is 1. The number of aryl methyl sites for hydroxylation is 2. The molecule has 0 unspecified atom stereocenters. The number of hydrogen-bond acceptors (Lipinski definition) is 5. The van der Waals surface area contributed by atoms with E-state index in [1.54, 1.807) is 4.57 Å². The Morgan fingerprint density at radius 1 is 1.38 bits per heavy atom. The van der Waals surface area contributed by atoms with Crippen LogP contribution in [0.5, 0.6) is 5.75 Å². The van der Waals surface area contributed by atoms with Crippen molar-refractivity contribution in [2.45, 2.75) is 25.5 Å². The summed E-state index contributed by atoms with van der Waals surface area (Å²) in [4.78, 5) is 28.6. The Hall–Kier alpha value is -2.28. The predicted molar refractivity (Wildman–Crippen MR) is 93.0 cm³/mol. The summed E-state index contributed by atoms with van der Waals surface area (Å²) in [5.41, 5.74) is 1.91. The number of para-hydroxylation sites is 1. The van der Waals surface area contributed by atoms with Crippen molar-refractivity contribution in [2.24, 2.45) is 0 Å². The molecule has 0 atom stereocenters. The molecule has 0 spiro atoms. The summed E-state index contributed by atoms with van der Waals surface area (Å²) in [6.45, 7) is 5.23. The van der Waals surface area contributed by atoms with E-state index in [0.717, 1.165) is 22.6 Å². The van der Waals surface area contributed by atoms with Gasteiger partial charge < -0.3 is 10.1 Å². The highest BCUT2D eigenvalue weighted by atomic mass is 32.2. The van der Waals surface area contributed by atoms with Gasteiger partial charge in [0, 0.05) is 18.5 Å². The minimum absolute atomic E-state index is 0.0772. The lowest BCUT2D eigenvalue weighted by Gasteiger charge is -2.12. The van der Waals surface area contributed by atoms with Crippen molar-refractivity contribution in [1.82, 2.24) is 14.9 Å². The average molecular weight is 345 g/mol. The second-order valence-corrected chi connectivity index (χ2v) is 6.65. The molecule has 0 fully saturated rings. The van der Waals surface area contributed by atoms with E-state index < -0.39 is 5.91 Å². The highest BCUT2D eigenvalue weighted by molar-refractivity contribution is 7.99. The van der Waals surface area contributed by atoms with Crippen molar-refractivity contribution in [2.75, 3.05) is 18.9 Å². The topological polar surface area (TPSA) is 73.2 Å². The first-order valence-corrected chi connectivity index (χ1v) is 8.76. The summed E-state index contributed by atoms with van der Waals surface area (Å²) in [6.07, 6.45) is 1.36. The van der Waals surface area contributed by atoms with Gasteiger partial charge in [0.15, 0.2) is 5.16 Å². The van der Waals surface area contributed by atoms with E-state index in [2.05, 4.69) is 10.3 Å². The van der Waals surface area contributed by atoms with E-state index >= 15 is 0 Å². The van der Waals surface area contributed by atoms with Crippen LogP contribution in [0.25, 0.3) is 0 Å². The maximum atomic E-state index is 12.3. The second kappa shape index (κ2) is 7.09. The number of nitrogens with zero attached hydrogens (tertiary/aromatic N) is 2. The van der Waals surface area contributed by atoms with Gasteiger partial charge in [0.05, 0.1) is 6.54 Å². The molecule has 3 rings (SSSR count). The van der Waals surface area contributed by atoms with Crippen LogP contribution in [-0.2, 0) is 6.54 Å². The second-order valence-electron chi connectivity index (χ2n) is 5.58. The van der Waals surface area contributed by atoms with E-state index in [4.69, 9.17) is 4.74 Å². The van der Waals surface area contributed by atoms with E-state index in [-0.39, 0.29) is 11.1 Å². The third-order valence-electron chi connectivity index (χ3n) is 3.84. The lowest BCUT2D eigenvalue weighted by Crippen LogP contribution is -2.35. The molecule has 0 aliphatic carbocycles. The van der Waals surface area contributed by atoms with Crippen molar-refractivity contribution in [3.8, 4) is 5.75 Å². The normalized spacial score (nSPS) is 12.8. The summed E-state index contributed by atoms with van der Waals surface area (Å²) < 4.78 is 7.29. The molecule has 0 saturated heterocycles. The first-order valence-electron chi connectivity index (χ1n) is 7.78. The van der Waals surface area contributed by atoms with E-state index in [1.165, 1.54) is 18.0 Å². The zero-order chi connectivity index (χ0) is 17.1. The summed E-state index contributed by atoms with van der Waals surface area (Å²) in [5, 5.41) is 3.39. The number of thioether (sulfide) groups is 1. The van der Waals surface area contributed by atoms with Gasteiger partial charge in [-0.15, -0.1) is 0 Å². The minimum atomic E-state index is -0.412. The smallest absolute Gasteiger partial charge is 0.267 e. The molecule has 1 aromatic heterocycles. The monoisotopic (exact) mass is 345 g/mol. The third kappa shape index (κ3) is 3.31. The van der Waals surface area contributed by atoms with Gasteiger partial charge in [-0.1, -0.05) is 30.0 Å². The molecule has 0 saturated carbocycles. The Labute approximate surface area is 144 Å². The van der Waals surface area contributed by atoms with Crippen LogP contribution in [0.15, 0.2) is 34.3 Å². The molecular formula is C17H19N3O3S. The van der Waals surface area contributed by atoms with Gasteiger partial charge in [0.2, 0.25) is 0 Å². The zero-order valence-electron chi connectivity index (χ0n) is 13.7. The number of aromatic nitrogens is 2. The largest absolute Gasteiger partial charge is 0.491 e. The molecule has 1 amide bonds. The highest BCUT2D eigenvalue weighted by Crippen LogP contribution is 2.22. The van der Waals surface area contributed by atoms with E-state index in [1.807, 2.05) is 32.0 Å². The molecule has 7 heteroatoms. The fraction of sp³-hybridized carbons (Fsp3) is 0.353. The van der Waals surface area contributed by atoms with Crippen molar-refractivity contribution < 1.29 is 9.53 Å². The fourth-order valence-corrected chi connectivity index (χ4v) is 3.53. The Bertz CT molecular complexity index is 812. The lowest BCUT2D eigenvalue weighted by atomic mass is 10.1. The van der Waals surface area contributed by atoms with E-state index in [9.17, 15) is 9.59 Å². The Balaban J connectivity index is 1.58. The molecule has 2 heterocycles. The number of benzene rings is 1. The van der Waals surface area contributed by atoms with Crippen LogP contribution in [0.2, 0.25) is 0 Å². The van der Waals surface area contributed by atoms with Gasteiger partial charge in [0.25, 0.3) is 11.5 Å². The molecule has 24 heavy (non-hydrogen) atoms. The molecule has 6 nitrogen and oxygen atoms in total. The first kappa shape index (κ1) is 16.6. The number of rotatable bonds is 5. The lowest BCUT2D eigenvalue weighted by molar-refractivity contribution is 0.0944. The molecular weight excluding hydrogens is 326 g/mol. The van der Waals surface area contributed by atoms with Crippen LogP contribution in [0, 0.1) is 13.8 Å². The maximum absolute atomic E-state index is 12.3. The van der Waals surface area contributed by atoms with Gasteiger partial charge in [-0.2, -0.15) is 0 Å². The van der Waals surface area contributed by atoms with Crippen molar-refractivity contribution in [3.63, 3.8) is 0 Å². The quantitative estimate of drug-likeness (QED) is 0.660. The third-order valence-corrected chi connectivity index (χ3v) is 4.81. The molecule has 2 aromatic rings. The Morgan fingerprint density at radius 2 is 2.12 bits per heavy atom. The average Bonchev–Trinajstić information content (AvgIpc) is 3.03. The van der Waals surface area contributed by atoms with Crippen molar-refractivity contribution >= 4 is 17.7 Å². The first-order chi connectivity index (χ1) is 11.6. The Morgan fingerprint density at radius 3 is 2.88 bits per heavy atom. The summed E-state index contributed by atoms with van der Waals surface area (Å²) in [5.74, 6) is 1.24. The maximum Gasteiger partial charge on any atom is 0.267 e. The van der Waals surface area contributed by atoms with Gasteiger partial charge in [-0.3, -0.25) is 14.2 Å². The van der Waals surface area contributed by atoms with Gasteiger partial charge in [-0.25, -0.2) is 4.98 Å². The number of ether oxygens (including phenoxy) is 1. The predicted octanol–water partition coefficient (Wildman–Crippen LogP) is 1.77. The van der Waals surface area contributed by atoms with Gasteiger partial charge in [-0.05, 0) is 25.0 Å². The summed E-state index contributed by atoms with van der Waals surface area (Å²) in [7, 11) is 0. The van der Waals surface area contributed by atoms with E-state index in [0.29, 0.717) is 24.9 Å². The van der Waals surface area contributed by atoms with Crippen LogP contribution in [0.1, 0.15) is 21.5 Å². The minimum Gasteiger partial charge on any atom is -0.491 e. The number of carbonyl (C=O) groups is 1. The van der Waals surface area contributed by atoms with Crippen molar-refractivity contribution in [3.05, 3.63) is 51.4 Å². The number of amides is 1. The molecule has 1 aromatic carbocycles. The van der Waals surface area contributed by atoms with Crippen LogP contribution < -0.4 is 15.6 Å². The molecule has 1 N–H and O–H groups in total. The standard InChI is InChI=1S/C17H19N3O3S/c1-11-4-3-5-12(2)14(11)23-8-6-18-15(21)13-10-19-17-20(16(13)22)7-9-24-17/h3-5,10H,6-9H2,1-2H3,(H,18,21). The van der Waals surface area contributed by atoms with Crippen molar-refractivity contribution in [1.29, 1.82) is 0 Å².